The van der Waals surface area contributed by atoms with Gasteiger partial charge in [0, 0.05) is 5.69 Å². The van der Waals surface area contributed by atoms with E-state index in [1.807, 2.05) is 31.2 Å². The summed E-state index contributed by atoms with van der Waals surface area (Å²) < 4.78 is 0. The van der Waals surface area contributed by atoms with E-state index >= 15 is 0 Å². The number of rotatable bonds is 5. The van der Waals surface area contributed by atoms with Gasteiger partial charge in [0.2, 0.25) is 5.91 Å². The van der Waals surface area contributed by atoms with Crippen molar-refractivity contribution in [3.8, 4) is 0 Å². The maximum Gasteiger partial charge on any atom is 0.335 e. The molecule has 0 aliphatic carbocycles. The van der Waals surface area contributed by atoms with Crippen molar-refractivity contribution in [2.75, 3.05) is 10.2 Å². The molecule has 1 aliphatic heterocycles. The SMILES string of the molecule is CCc1ccccc1N[C@@H]1CC(=O)N(c2cc(C(=O)O)ccc2C)C1=O. The van der Waals surface area contributed by atoms with Crippen molar-refractivity contribution in [1.29, 1.82) is 0 Å². The number of aromatic carboxylic acids is 1. The molecule has 2 N–H and O–H groups in total. The molecule has 2 aromatic rings. The smallest absolute Gasteiger partial charge is 0.335 e. The number of benzene rings is 2. The zero-order valence-corrected chi connectivity index (χ0v) is 14.7. The third-order valence-corrected chi connectivity index (χ3v) is 4.57. The number of hydrogen-bond donors (Lipinski definition) is 2. The minimum absolute atomic E-state index is 0.0353. The van der Waals surface area contributed by atoms with Gasteiger partial charge in [-0.15, -0.1) is 0 Å². The highest BCUT2D eigenvalue weighted by Crippen LogP contribution is 2.29. The predicted molar refractivity (Wildman–Crippen MR) is 98.5 cm³/mol. The first-order chi connectivity index (χ1) is 12.4. The summed E-state index contributed by atoms with van der Waals surface area (Å²) in [6, 6.07) is 11.4. The first kappa shape index (κ1) is 17.7. The van der Waals surface area contributed by atoms with Crippen molar-refractivity contribution in [2.45, 2.75) is 32.7 Å². The molecule has 1 fully saturated rings. The lowest BCUT2D eigenvalue weighted by Crippen LogP contribution is -2.35. The zero-order chi connectivity index (χ0) is 18.8. The van der Waals surface area contributed by atoms with Gasteiger partial charge in [0.25, 0.3) is 5.91 Å². The lowest BCUT2D eigenvalue weighted by atomic mass is 10.1. The minimum Gasteiger partial charge on any atom is -0.478 e. The van der Waals surface area contributed by atoms with Crippen LogP contribution in [0.3, 0.4) is 0 Å². The Hall–Kier alpha value is -3.15. The molecule has 3 rings (SSSR count). The predicted octanol–water partition coefficient (Wildman–Crippen LogP) is 3.00. The molecule has 1 heterocycles. The second-order valence-corrected chi connectivity index (χ2v) is 6.29. The van der Waals surface area contributed by atoms with E-state index in [-0.39, 0.29) is 23.8 Å². The van der Waals surface area contributed by atoms with Crippen LogP contribution in [0.5, 0.6) is 0 Å². The average Bonchev–Trinajstić information content (AvgIpc) is 2.89. The van der Waals surface area contributed by atoms with Crippen molar-refractivity contribution < 1.29 is 19.5 Å². The Balaban J connectivity index is 1.90. The summed E-state index contributed by atoms with van der Waals surface area (Å²) >= 11 is 0. The number of imide groups is 1. The fourth-order valence-corrected chi connectivity index (χ4v) is 3.14. The van der Waals surface area contributed by atoms with Crippen LogP contribution in [0.2, 0.25) is 0 Å². The number of carboxylic acids is 1. The first-order valence-electron chi connectivity index (χ1n) is 8.47. The summed E-state index contributed by atoms with van der Waals surface area (Å²) in [4.78, 5) is 37.6. The molecule has 1 aliphatic rings. The molecule has 1 saturated heterocycles. The third kappa shape index (κ3) is 3.18. The molecule has 0 aromatic heterocycles. The Bertz CT molecular complexity index is 891. The molecule has 0 bridgehead atoms. The van der Waals surface area contributed by atoms with Crippen LogP contribution in [0, 0.1) is 6.92 Å². The van der Waals surface area contributed by atoms with Crippen molar-refractivity contribution in [2.24, 2.45) is 0 Å². The molecule has 134 valence electrons. The van der Waals surface area contributed by atoms with Crippen molar-refractivity contribution >= 4 is 29.2 Å². The van der Waals surface area contributed by atoms with Gasteiger partial charge in [-0.1, -0.05) is 31.2 Å². The summed E-state index contributed by atoms with van der Waals surface area (Å²) in [5.74, 6) is -1.81. The first-order valence-corrected chi connectivity index (χ1v) is 8.47. The topological polar surface area (TPSA) is 86.7 Å². The quantitative estimate of drug-likeness (QED) is 0.808. The number of nitrogens with zero attached hydrogens (tertiary/aromatic N) is 1. The van der Waals surface area contributed by atoms with Crippen molar-refractivity contribution in [1.82, 2.24) is 0 Å². The van der Waals surface area contributed by atoms with Crippen LogP contribution < -0.4 is 10.2 Å². The average molecular weight is 352 g/mol. The highest BCUT2D eigenvalue weighted by atomic mass is 16.4. The van der Waals surface area contributed by atoms with Gasteiger partial charge < -0.3 is 10.4 Å². The van der Waals surface area contributed by atoms with E-state index in [2.05, 4.69) is 5.32 Å². The highest BCUT2D eigenvalue weighted by molar-refractivity contribution is 6.23. The Morgan fingerprint density at radius 3 is 2.65 bits per heavy atom. The summed E-state index contributed by atoms with van der Waals surface area (Å²) in [7, 11) is 0. The zero-order valence-electron chi connectivity index (χ0n) is 14.7. The third-order valence-electron chi connectivity index (χ3n) is 4.57. The summed E-state index contributed by atoms with van der Waals surface area (Å²) in [5.41, 5.74) is 2.94. The molecule has 0 unspecified atom stereocenters. The molecule has 6 nitrogen and oxygen atoms in total. The number of carbonyl (C=O) groups is 3. The molecule has 0 saturated carbocycles. The standard InChI is InChI=1S/C20H20N2O4/c1-3-13-6-4-5-7-15(13)21-16-11-18(23)22(19(16)24)17-10-14(20(25)26)9-8-12(17)2/h4-10,16,21H,3,11H2,1-2H3,(H,25,26)/t16-/m1/s1. The van der Waals surface area contributed by atoms with Crippen LogP contribution in [0.15, 0.2) is 42.5 Å². The monoisotopic (exact) mass is 352 g/mol. The number of nitrogens with one attached hydrogen (secondary N) is 1. The number of amides is 2. The van der Waals surface area contributed by atoms with E-state index in [0.717, 1.165) is 22.6 Å². The van der Waals surface area contributed by atoms with Gasteiger partial charge in [-0.3, -0.25) is 9.59 Å². The highest BCUT2D eigenvalue weighted by Gasteiger charge is 2.40. The van der Waals surface area contributed by atoms with Gasteiger partial charge in [0.05, 0.1) is 17.7 Å². The van der Waals surface area contributed by atoms with Crippen LogP contribution >= 0.6 is 0 Å². The van der Waals surface area contributed by atoms with Crippen LogP contribution in [-0.2, 0) is 16.0 Å². The van der Waals surface area contributed by atoms with Gasteiger partial charge >= 0.3 is 5.97 Å². The number of anilines is 2. The van der Waals surface area contributed by atoms with Gasteiger partial charge in [-0.2, -0.15) is 0 Å². The Labute approximate surface area is 151 Å². The number of carboxylic acid groups (broad SMARTS) is 1. The van der Waals surface area contributed by atoms with E-state index in [1.54, 1.807) is 13.0 Å². The van der Waals surface area contributed by atoms with E-state index in [1.165, 1.54) is 12.1 Å². The van der Waals surface area contributed by atoms with E-state index < -0.39 is 12.0 Å². The maximum atomic E-state index is 12.8. The fraction of sp³-hybridized carbons (Fsp3) is 0.250. The molecule has 0 radical (unpaired) electrons. The lowest BCUT2D eigenvalue weighted by Gasteiger charge is -2.19. The molecular weight excluding hydrogens is 332 g/mol. The number of hydrogen-bond acceptors (Lipinski definition) is 4. The fourth-order valence-electron chi connectivity index (χ4n) is 3.14. The lowest BCUT2D eigenvalue weighted by molar-refractivity contribution is -0.121. The van der Waals surface area contributed by atoms with Gasteiger partial charge in [-0.05, 0) is 42.7 Å². The molecule has 0 spiro atoms. The second-order valence-electron chi connectivity index (χ2n) is 6.29. The Morgan fingerprint density at radius 1 is 1.23 bits per heavy atom. The number of carbonyl (C=O) groups excluding carboxylic acids is 2. The van der Waals surface area contributed by atoms with Crippen molar-refractivity contribution in [3.05, 3.63) is 59.2 Å². The molecule has 2 aromatic carbocycles. The van der Waals surface area contributed by atoms with Gasteiger partial charge in [0.15, 0.2) is 0 Å². The van der Waals surface area contributed by atoms with Crippen molar-refractivity contribution in [3.63, 3.8) is 0 Å². The summed E-state index contributed by atoms with van der Waals surface area (Å²) in [5, 5.41) is 12.3. The van der Waals surface area contributed by atoms with E-state index in [9.17, 15) is 19.5 Å². The van der Waals surface area contributed by atoms with E-state index in [4.69, 9.17) is 0 Å². The van der Waals surface area contributed by atoms with Gasteiger partial charge in [-0.25, -0.2) is 9.69 Å². The summed E-state index contributed by atoms with van der Waals surface area (Å²) in [6.45, 7) is 3.77. The molecule has 26 heavy (non-hydrogen) atoms. The van der Waals surface area contributed by atoms with Crippen LogP contribution in [0.4, 0.5) is 11.4 Å². The molecule has 1 atom stereocenters. The largest absolute Gasteiger partial charge is 0.478 e. The summed E-state index contributed by atoms with van der Waals surface area (Å²) in [6.07, 6.45) is 0.842. The molecule has 2 amide bonds. The minimum atomic E-state index is -1.10. The maximum absolute atomic E-state index is 12.8. The number of aryl methyl sites for hydroxylation is 2. The molecule has 6 heteroatoms. The number of para-hydroxylation sites is 1. The molecular formula is C20H20N2O4. The normalized spacial score (nSPS) is 16.8. The second kappa shape index (κ2) is 7.00. The van der Waals surface area contributed by atoms with Gasteiger partial charge in [0.1, 0.15) is 6.04 Å². The van der Waals surface area contributed by atoms with Crippen LogP contribution in [-0.4, -0.2) is 28.9 Å². The van der Waals surface area contributed by atoms with E-state index in [0.29, 0.717) is 11.3 Å². The van der Waals surface area contributed by atoms with Crippen LogP contribution in [0.1, 0.15) is 34.8 Å². The Kier molecular flexibility index (Phi) is 4.75. The Morgan fingerprint density at radius 2 is 1.96 bits per heavy atom. The van der Waals surface area contributed by atoms with Crippen LogP contribution in [0.25, 0.3) is 0 Å².